The number of benzene rings is 1. The van der Waals surface area contributed by atoms with Gasteiger partial charge in [0.1, 0.15) is 5.82 Å². The Labute approximate surface area is 113 Å². The van der Waals surface area contributed by atoms with E-state index in [-0.39, 0.29) is 30.0 Å². The van der Waals surface area contributed by atoms with Crippen LogP contribution in [0.5, 0.6) is 0 Å². The standard InChI is InChI=1S/C13H17FN2O.ClH/c1-8(10-6-15-7-10)13(17)16-12-5-3-4-11(14)9(12)2;/h3-5,8,10,15H,6-7H2,1-2H3,(H,16,17);1H. The second kappa shape index (κ2) is 6.16. The largest absolute Gasteiger partial charge is 0.326 e. The van der Waals surface area contributed by atoms with Crippen LogP contribution in [0.25, 0.3) is 0 Å². The highest BCUT2D eigenvalue weighted by molar-refractivity contribution is 5.93. The Balaban J connectivity index is 0.00000162. The van der Waals surface area contributed by atoms with E-state index in [0.29, 0.717) is 17.2 Å². The quantitative estimate of drug-likeness (QED) is 0.887. The van der Waals surface area contributed by atoms with E-state index in [4.69, 9.17) is 0 Å². The molecule has 2 N–H and O–H groups in total. The molecule has 0 bridgehead atoms. The van der Waals surface area contributed by atoms with Gasteiger partial charge in [0, 0.05) is 17.2 Å². The van der Waals surface area contributed by atoms with Crippen LogP contribution in [0.3, 0.4) is 0 Å². The van der Waals surface area contributed by atoms with Crippen LogP contribution in [0.2, 0.25) is 0 Å². The first-order valence-corrected chi connectivity index (χ1v) is 5.86. The fourth-order valence-electron chi connectivity index (χ4n) is 1.87. The number of anilines is 1. The summed E-state index contributed by atoms with van der Waals surface area (Å²) < 4.78 is 13.3. The molecule has 0 radical (unpaired) electrons. The molecule has 1 aromatic rings. The van der Waals surface area contributed by atoms with Gasteiger partial charge in [-0.05, 0) is 38.1 Å². The summed E-state index contributed by atoms with van der Waals surface area (Å²) in [5, 5.41) is 5.93. The third-order valence-corrected chi connectivity index (χ3v) is 3.46. The van der Waals surface area contributed by atoms with Crippen molar-refractivity contribution in [2.75, 3.05) is 18.4 Å². The molecule has 1 heterocycles. The van der Waals surface area contributed by atoms with Crippen LogP contribution < -0.4 is 10.6 Å². The van der Waals surface area contributed by atoms with Gasteiger partial charge in [-0.25, -0.2) is 4.39 Å². The van der Waals surface area contributed by atoms with Crippen molar-refractivity contribution in [3.05, 3.63) is 29.6 Å². The molecule has 1 aliphatic rings. The monoisotopic (exact) mass is 272 g/mol. The Morgan fingerprint density at radius 3 is 2.72 bits per heavy atom. The Morgan fingerprint density at radius 2 is 2.17 bits per heavy atom. The van der Waals surface area contributed by atoms with Gasteiger partial charge in [0.05, 0.1) is 0 Å². The number of hydrogen-bond donors (Lipinski definition) is 2. The lowest BCUT2D eigenvalue weighted by molar-refractivity contribution is -0.121. The molecule has 1 unspecified atom stereocenters. The van der Waals surface area contributed by atoms with Crippen molar-refractivity contribution in [1.29, 1.82) is 0 Å². The van der Waals surface area contributed by atoms with E-state index in [2.05, 4.69) is 10.6 Å². The normalized spacial score (nSPS) is 16.4. The smallest absolute Gasteiger partial charge is 0.227 e. The lowest BCUT2D eigenvalue weighted by Crippen LogP contribution is -2.48. The van der Waals surface area contributed by atoms with E-state index in [0.717, 1.165) is 13.1 Å². The molecule has 0 spiro atoms. The lowest BCUT2D eigenvalue weighted by atomic mass is 9.88. The molecule has 3 nitrogen and oxygen atoms in total. The topological polar surface area (TPSA) is 41.1 Å². The summed E-state index contributed by atoms with van der Waals surface area (Å²) in [7, 11) is 0. The first kappa shape index (κ1) is 14.9. The minimum Gasteiger partial charge on any atom is -0.326 e. The third kappa shape index (κ3) is 3.00. The number of carbonyl (C=O) groups is 1. The van der Waals surface area contributed by atoms with E-state index in [1.165, 1.54) is 6.07 Å². The Morgan fingerprint density at radius 1 is 1.50 bits per heavy atom. The fourth-order valence-corrected chi connectivity index (χ4v) is 1.87. The number of halogens is 2. The molecule has 100 valence electrons. The summed E-state index contributed by atoms with van der Waals surface area (Å²) in [6.45, 7) is 5.35. The van der Waals surface area contributed by atoms with Crippen LogP contribution in [0.15, 0.2) is 18.2 Å². The first-order valence-electron chi connectivity index (χ1n) is 5.86. The van der Waals surface area contributed by atoms with Crippen molar-refractivity contribution >= 4 is 24.0 Å². The highest BCUT2D eigenvalue weighted by Crippen LogP contribution is 2.21. The zero-order valence-corrected chi connectivity index (χ0v) is 11.3. The van der Waals surface area contributed by atoms with Gasteiger partial charge in [-0.15, -0.1) is 12.4 Å². The highest BCUT2D eigenvalue weighted by atomic mass is 35.5. The molecule has 0 aromatic heterocycles. The van der Waals surface area contributed by atoms with Crippen LogP contribution >= 0.6 is 12.4 Å². The van der Waals surface area contributed by atoms with Crippen molar-refractivity contribution in [3.63, 3.8) is 0 Å². The first-order chi connectivity index (χ1) is 8.09. The summed E-state index contributed by atoms with van der Waals surface area (Å²) in [6.07, 6.45) is 0. The molecule has 0 aliphatic carbocycles. The van der Waals surface area contributed by atoms with E-state index in [1.807, 2.05) is 6.92 Å². The van der Waals surface area contributed by atoms with E-state index < -0.39 is 0 Å². The highest BCUT2D eigenvalue weighted by Gasteiger charge is 2.28. The van der Waals surface area contributed by atoms with Crippen molar-refractivity contribution in [1.82, 2.24) is 5.32 Å². The second-order valence-electron chi connectivity index (χ2n) is 4.61. The SMILES string of the molecule is Cc1c(F)cccc1NC(=O)C(C)C1CNC1.Cl. The predicted molar refractivity (Wildman–Crippen MR) is 72.5 cm³/mol. The van der Waals surface area contributed by atoms with Crippen molar-refractivity contribution in [2.45, 2.75) is 13.8 Å². The molecule has 1 fully saturated rings. The zero-order valence-electron chi connectivity index (χ0n) is 10.5. The van der Waals surface area contributed by atoms with Gasteiger partial charge >= 0.3 is 0 Å². The maximum Gasteiger partial charge on any atom is 0.227 e. The molecule has 1 amide bonds. The molecule has 1 saturated heterocycles. The third-order valence-electron chi connectivity index (χ3n) is 3.46. The number of amides is 1. The van der Waals surface area contributed by atoms with E-state index >= 15 is 0 Å². The maximum atomic E-state index is 13.3. The Bertz CT molecular complexity index is 435. The van der Waals surface area contributed by atoms with Gasteiger partial charge in [-0.2, -0.15) is 0 Å². The summed E-state index contributed by atoms with van der Waals surface area (Å²) in [6, 6.07) is 4.72. The Kier molecular flexibility index (Phi) is 5.11. The fraction of sp³-hybridized carbons (Fsp3) is 0.462. The number of carbonyl (C=O) groups excluding carboxylic acids is 1. The van der Waals surface area contributed by atoms with Crippen LogP contribution in [-0.4, -0.2) is 19.0 Å². The van der Waals surface area contributed by atoms with Crippen LogP contribution in [0, 0.1) is 24.6 Å². The van der Waals surface area contributed by atoms with Crippen molar-refractivity contribution in [3.8, 4) is 0 Å². The minimum atomic E-state index is -0.291. The molecule has 1 aliphatic heterocycles. The number of rotatable bonds is 3. The van der Waals surface area contributed by atoms with Gasteiger partial charge in [-0.1, -0.05) is 13.0 Å². The minimum absolute atomic E-state index is 0. The average Bonchev–Trinajstić information content (AvgIpc) is 2.22. The molecule has 1 aromatic carbocycles. The van der Waals surface area contributed by atoms with Gasteiger partial charge < -0.3 is 10.6 Å². The lowest BCUT2D eigenvalue weighted by Gasteiger charge is -2.31. The van der Waals surface area contributed by atoms with Gasteiger partial charge in [0.15, 0.2) is 0 Å². The van der Waals surface area contributed by atoms with Gasteiger partial charge in [-0.3, -0.25) is 4.79 Å². The van der Waals surface area contributed by atoms with Crippen molar-refractivity contribution < 1.29 is 9.18 Å². The summed E-state index contributed by atoms with van der Waals surface area (Å²) >= 11 is 0. The molecule has 18 heavy (non-hydrogen) atoms. The second-order valence-corrected chi connectivity index (χ2v) is 4.61. The molecular weight excluding hydrogens is 255 g/mol. The number of hydrogen-bond acceptors (Lipinski definition) is 2. The van der Waals surface area contributed by atoms with Crippen LogP contribution in [0.1, 0.15) is 12.5 Å². The molecule has 0 saturated carbocycles. The zero-order chi connectivity index (χ0) is 12.4. The van der Waals surface area contributed by atoms with Gasteiger partial charge in [0.2, 0.25) is 5.91 Å². The number of nitrogens with one attached hydrogen (secondary N) is 2. The maximum absolute atomic E-state index is 13.3. The molecule has 2 rings (SSSR count). The summed E-state index contributed by atoms with van der Waals surface area (Å²) in [5.41, 5.74) is 1.05. The van der Waals surface area contributed by atoms with Crippen molar-refractivity contribution in [2.24, 2.45) is 11.8 Å². The van der Waals surface area contributed by atoms with E-state index in [1.54, 1.807) is 19.1 Å². The average molecular weight is 273 g/mol. The Hall–Kier alpha value is -1.13. The van der Waals surface area contributed by atoms with E-state index in [9.17, 15) is 9.18 Å². The summed E-state index contributed by atoms with van der Waals surface area (Å²) in [4.78, 5) is 11.9. The molecule has 5 heteroatoms. The van der Waals surface area contributed by atoms with Gasteiger partial charge in [0.25, 0.3) is 0 Å². The molecule has 1 atom stereocenters. The molecular formula is C13H18ClFN2O. The van der Waals surface area contributed by atoms with Crippen LogP contribution in [-0.2, 0) is 4.79 Å². The predicted octanol–water partition coefficient (Wildman–Crippen LogP) is 2.35. The van der Waals surface area contributed by atoms with Crippen LogP contribution in [0.4, 0.5) is 10.1 Å². The summed E-state index contributed by atoms with van der Waals surface area (Å²) in [5.74, 6) is 0.0220.